The molecule has 0 aliphatic heterocycles. The van der Waals surface area contributed by atoms with Crippen LogP contribution in [0.5, 0.6) is 17.2 Å². The molecule has 0 heterocycles. The van der Waals surface area contributed by atoms with Gasteiger partial charge in [-0.2, -0.15) is 0 Å². The Hall–Kier alpha value is -3.48. The van der Waals surface area contributed by atoms with Crippen molar-refractivity contribution in [1.82, 2.24) is 0 Å². The normalized spacial score (nSPS) is 10.3. The van der Waals surface area contributed by atoms with E-state index in [9.17, 15) is 28.8 Å². The number of quaternary nitrogens is 3. The summed E-state index contributed by atoms with van der Waals surface area (Å²) >= 11 is 0. The van der Waals surface area contributed by atoms with Crippen molar-refractivity contribution in [1.29, 1.82) is 0 Å². The first-order chi connectivity index (χ1) is 15.7. The standard InChI is InChI=1S/C21H27N3O9/c22-10-13(25)1-4-19(28)31-16-7-17(32-20(29)5-2-14(26)11-23)9-18(8-16)33-21(30)6-3-15(27)12-24/h7-9H,1-6,10-12,22-24H2/p+3. The predicted molar refractivity (Wildman–Crippen MR) is 109 cm³/mol. The Morgan fingerprint density at radius 1 is 0.485 bits per heavy atom. The molecule has 33 heavy (non-hydrogen) atoms. The zero-order valence-electron chi connectivity index (χ0n) is 18.4. The molecule has 0 aliphatic rings. The minimum absolute atomic E-state index is 0.0422. The fourth-order valence-electron chi connectivity index (χ4n) is 2.37. The highest BCUT2D eigenvalue weighted by Crippen LogP contribution is 2.29. The molecule has 180 valence electrons. The Kier molecular flexibility index (Phi) is 12.2. The van der Waals surface area contributed by atoms with E-state index in [1.165, 1.54) is 18.2 Å². The molecule has 0 amide bonds. The number of ketones is 3. The lowest BCUT2D eigenvalue weighted by Gasteiger charge is -2.11. The van der Waals surface area contributed by atoms with Gasteiger partial charge < -0.3 is 31.4 Å². The summed E-state index contributed by atoms with van der Waals surface area (Å²) in [6.07, 6.45) is -0.687. The Bertz CT molecular complexity index is 772. The molecule has 0 atom stereocenters. The van der Waals surface area contributed by atoms with Crippen molar-refractivity contribution in [3.63, 3.8) is 0 Å². The molecule has 12 nitrogen and oxygen atoms in total. The zero-order chi connectivity index (χ0) is 24.8. The van der Waals surface area contributed by atoms with E-state index in [-0.39, 0.29) is 92.8 Å². The summed E-state index contributed by atoms with van der Waals surface area (Å²) in [5.41, 5.74) is 10.3. The molecule has 0 aliphatic carbocycles. The van der Waals surface area contributed by atoms with Gasteiger partial charge in [0.2, 0.25) is 0 Å². The van der Waals surface area contributed by atoms with Gasteiger partial charge in [0.1, 0.15) is 36.9 Å². The number of ether oxygens (including phenoxy) is 3. The molecular weight excluding hydrogens is 438 g/mol. The lowest BCUT2D eigenvalue weighted by atomic mass is 10.2. The van der Waals surface area contributed by atoms with Crippen molar-refractivity contribution in [3.8, 4) is 17.2 Å². The quantitative estimate of drug-likeness (QED) is 0.178. The number of carbonyl (C=O) groups excluding carboxylic acids is 6. The smallest absolute Gasteiger partial charge is 0.311 e. The summed E-state index contributed by atoms with van der Waals surface area (Å²) in [6.45, 7) is 0.143. The van der Waals surface area contributed by atoms with Crippen LogP contribution in [-0.2, 0) is 28.8 Å². The lowest BCUT2D eigenvalue weighted by Crippen LogP contribution is -2.54. The molecule has 9 N–H and O–H groups in total. The van der Waals surface area contributed by atoms with Gasteiger partial charge in [-0.1, -0.05) is 0 Å². The van der Waals surface area contributed by atoms with Crippen LogP contribution in [0.15, 0.2) is 18.2 Å². The highest BCUT2D eigenvalue weighted by atomic mass is 16.6. The largest absolute Gasteiger partial charge is 0.426 e. The minimum atomic E-state index is -0.723. The summed E-state index contributed by atoms with van der Waals surface area (Å²) in [6, 6.07) is 3.68. The summed E-state index contributed by atoms with van der Waals surface area (Å²) in [5.74, 6) is -3.05. The summed E-state index contributed by atoms with van der Waals surface area (Å²) in [7, 11) is 0. The third-order valence-corrected chi connectivity index (χ3v) is 4.21. The van der Waals surface area contributed by atoms with E-state index in [4.69, 9.17) is 14.2 Å². The monoisotopic (exact) mass is 468 g/mol. The summed E-state index contributed by atoms with van der Waals surface area (Å²) in [4.78, 5) is 70.1. The first-order valence-corrected chi connectivity index (χ1v) is 10.4. The minimum Gasteiger partial charge on any atom is -0.426 e. The van der Waals surface area contributed by atoms with E-state index in [0.29, 0.717) is 0 Å². The first-order valence-electron chi connectivity index (χ1n) is 10.4. The zero-order valence-corrected chi connectivity index (χ0v) is 18.4. The SMILES string of the molecule is [NH3+]CC(=O)CCC(=O)Oc1cc(OC(=O)CCC(=O)C[NH3+])cc(OC(=O)CCC(=O)C[NH3+])c1. The molecule has 0 saturated carbocycles. The maximum atomic E-state index is 12.0. The Balaban J connectivity index is 2.94. The molecule has 1 rings (SSSR count). The molecule has 1 aromatic carbocycles. The summed E-state index contributed by atoms with van der Waals surface area (Å²) in [5, 5.41) is 0. The average molecular weight is 468 g/mol. The lowest BCUT2D eigenvalue weighted by molar-refractivity contribution is -0.354. The van der Waals surface area contributed by atoms with Crippen LogP contribution in [0.2, 0.25) is 0 Å². The number of benzene rings is 1. The van der Waals surface area contributed by atoms with E-state index in [0.717, 1.165) is 0 Å². The highest BCUT2D eigenvalue weighted by molar-refractivity contribution is 5.85. The highest BCUT2D eigenvalue weighted by Gasteiger charge is 2.16. The Morgan fingerprint density at radius 3 is 0.939 bits per heavy atom. The number of carbonyl (C=O) groups is 6. The fourth-order valence-corrected chi connectivity index (χ4v) is 2.37. The number of esters is 3. The summed E-state index contributed by atoms with van der Waals surface area (Å²) < 4.78 is 15.5. The number of hydrogen-bond donors (Lipinski definition) is 3. The van der Waals surface area contributed by atoms with Gasteiger partial charge in [0.05, 0.1) is 19.3 Å². The van der Waals surface area contributed by atoms with Crippen molar-refractivity contribution in [2.45, 2.75) is 38.5 Å². The van der Waals surface area contributed by atoms with Crippen LogP contribution in [0.25, 0.3) is 0 Å². The van der Waals surface area contributed by atoms with Gasteiger partial charge in [0.15, 0.2) is 17.3 Å². The maximum absolute atomic E-state index is 12.0. The van der Waals surface area contributed by atoms with E-state index in [2.05, 4.69) is 17.2 Å². The number of hydrogen-bond acceptors (Lipinski definition) is 9. The number of Topliss-reactive ketones (excluding diaryl/α,β-unsaturated/α-hetero) is 3. The van der Waals surface area contributed by atoms with Crippen molar-refractivity contribution in [3.05, 3.63) is 18.2 Å². The molecule has 0 aromatic heterocycles. The third kappa shape index (κ3) is 11.6. The van der Waals surface area contributed by atoms with Crippen LogP contribution in [0.1, 0.15) is 38.5 Å². The van der Waals surface area contributed by atoms with Crippen LogP contribution in [0.4, 0.5) is 0 Å². The van der Waals surface area contributed by atoms with Crippen molar-refractivity contribution in [2.24, 2.45) is 0 Å². The molecular formula is C21H30N3O9+3. The van der Waals surface area contributed by atoms with Gasteiger partial charge in [-0.05, 0) is 0 Å². The van der Waals surface area contributed by atoms with Crippen molar-refractivity contribution >= 4 is 35.3 Å². The third-order valence-electron chi connectivity index (χ3n) is 4.21. The Morgan fingerprint density at radius 2 is 0.727 bits per heavy atom. The fraction of sp³-hybridized carbons (Fsp3) is 0.429. The average Bonchev–Trinajstić information content (AvgIpc) is 2.78. The second kappa shape index (κ2) is 14.6. The van der Waals surface area contributed by atoms with Gasteiger partial charge in [-0.15, -0.1) is 0 Å². The van der Waals surface area contributed by atoms with Gasteiger partial charge >= 0.3 is 17.9 Å². The van der Waals surface area contributed by atoms with Gasteiger partial charge in [0, 0.05) is 37.5 Å². The Labute approximate surface area is 189 Å². The topological polar surface area (TPSA) is 213 Å². The molecule has 0 unspecified atom stereocenters. The van der Waals surface area contributed by atoms with Crippen LogP contribution >= 0.6 is 0 Å². The molecule has 0 radical (unpaired) electrons. The van der Waals surface area contributed by atoms with E-state index in [1.807, 2.05) is 0 Å². The van der Waals surface area contributed by atoms with E-state index >= 15 is 0 Å². The molecule has 0 fully saturated rings. The van der Waals surface area contributed by atoms with Crippen molar-refractivity contribution < 1.29 is 60.2 Å². The second-order valence-electron chi connectivity index (χ2n) is 6.93. The molecule has 12 heteroatoms. The van der Waals surface area contributed by atoms with E-state index in [1.54, 1.807) is 0 Å². The predicted octanol–water partition coefficient (Wildman–Crippen LogP) is -2.82. The van der Waals surface area contributed by atoms with Crippen LogP contribution in [0.3, 0.4) is 0 Å². The van der Waals surface area contributed by atoms with Gasteiger partial charge in [-0.25, -0.2) is 0 Å². The second-order valence-corrected chi connectivity index (χ2v) is 6.93. The number of rotatable bonds is 15. The first kappa shape index (κ1) is 27.6. The van der Waals surface area contributed by atoms with Gasteiger partial charge in [-0.3, -0.25) is 28.8 Å². The van der Waals surface area contributed by atoms with Crippen LogP contribution < -0.4 is 31.4 Å². The van der Waals surface area contributed by atoms with Crippen molar-refractivity contribution in [2.75, 3.05) is 19.6 Å². The van der Waals surface area contributed by atoms with E-state index < -0.39 is 17.9 Å². The molecule has 1 aromatic rings. The molecule has 0 bridgehead atoms. The van der Waals surface area contributed by atoms with Gasteiger partial charge in [0.25, 0.3) is 0 Å². The van der Waals surface area contributed by atoms with Crippen LogP contribution in [0, 0.1) is 0 Å². The molecule has 0 saturated heterocycles. The van der Waals surface area contributed by atoms with Crippen LogP contribution in [-0.4, -0.2) is 54.9 Å². The maximum Gasteiger partial charge on any atom is 0.311 e. The molecule has 0 spiro atoms.